The molecule has 0 fully saturated rings. The van der Waals surface area contributed by atoms with Crippen LogP contribution in [0.4, 0.5) is 0 Å². The molecule has 0 unspecified atom stereocenters. The Hall–Kier alpha value is -2.75. The molecule has 0 aliphatic heterocycles. The third-order valence-electron chi connectivity index (χ3n) is 3.78. The van der Waals surface area contributed by atoms with Crippen LogP contribution in [0.15, 0.2) is 48.5 Å². The fourth-order valence-corrected chi connectivity index (χ4v) is 2.61. The van der Waals surface area contributed by atoms with Crippen molar-refractivity contribution in [1.29, 1.82) is 0 Å². The van der Waals surface area contributed by atoms with Crippen molar-refractivity contribution in [3.05, 3.63) is 59.9 Å². The maximum absolute atomic E-state index is 10.8. The summed E-state index contributed by atoms with van der Waals surface area (Å²) in [5.74, 6) is 1.76. The predicted octanol–water partition coefficient (Wildman–Crippen LogP) is 3.91. The van der Waals surface area contributed by atoms with E-state index in [1.54, 1.807) is 0 Å². The quantitative estimate of drug-likeness (QED) is 0.671. The average molecular weight is 305 g/mol. The summed E-state index contributed by atoms with van der Waals surface area (Å²) < 4.78 is 1.83. The lowest BCUT2D eigenvalue weighted by Gasteiger charge is -2.05. The molecule has 2 aromatic carbocycles. The standard InChI is InChI=1S/C19H19N3O/c1-3-5-18-20-19(22(2)21-18)17-7-4-6-16(12-17)15-10-8-14(13-23)9-11-15/h4,6-13H,3,5H2,1-2H3. The van der Waals surface area contributed by atoms with Gasteiger partial charge in [0.15, 0.2) is 11.6 Å². The van der Waals surface area contributed by atoms with Crippen molar-refractivity contribution in [2.45, 2.75) is 19.8 Å². The van der Waals surface area contributed by atoms with Gasteiger partial charge in [-0.25, -0.2) is 9.67 Å². The van der Waals surface area contributed by atoms with E-state index in [0.29, 0.717) is 5.56 Å². The van der Waals surface area contributed by atoms with Gasteiger partial charge in [-0.1, -0.05) is 49.4 Å². The summed E-state index contributed by atoms with van der Waals surface area (Å²) >= 11 is 0. The fraction of sp³-hybridized carbons (Fsp3) is 0.211. The van der Waals surface area contributed by atoms with E-state index in [-0.39, 0.29) is 0 Å². The number of hydrogen-bond donors (Lipinski definition) is 0. The number of aromatic nitrogens is 3. The third kappa shape index (κ3) is 3.21. The van der Waals surface area contributed by atoms with Crippen LogP contribution in [0.5, 0.6) is 0 Å². The summed E-state index contributed by atoms with van der Waals surface area (Å²) in [7, 11) is 1.92. The van der Waals surface area contributed by atoms with Gasteiger partial charge in [-0.05, 0) is 23.6 Å². The molecular formula is C19H19N3O. The summed E-state index contributed by atoms with van der Waals surface area (Å²) in [6.07, 6.45) is 2.78. The second-order valence-electron chi connectivity index (χ2n) is 5.55. The highest BCUT2D eigenvalue weighted by atomic mass is 16.1. The van der Waals surface area contributed by atoms with E-state index in [4.69, 9.17) is 0 Å². The molecular weight excluding hydrogens is 286 g/mol. The Morgan fingerprint density at radius 2 is 1.78 bits per heavy atom. The second kappa shape index (κ2) is 6.57. The lowest BCUT2D eigenvalue weighted by atomic mass is 10.0. The highest BCUT2D eigenvalue weighted by Crippen LogP contribution is 2.25. The number of aryl methyl sites for hydroxylation is 2. The molecule has 0 spiro atoms. The van der Waals surface area contributed by atoms with Gasteiger partial charge in [-0.15, -0.1) is 0 Å². The molecule has 0 amide bonds. The van der Waals surface area contributed by atoms with Crippen molar-refractivity contribution in [1.82, 2.24) is 14.8 Å². The summed E-state index contributed by atoms with van der Waals surface area (Å²) in [6.45, 7) is 2.12. The van der Waals surface area contributed by atoms with Crippen LogP contribution in [0.25, 0.3) is 22.5 Å². The highest BCUT2D eigenvalue weighted by Gasteiger charge is 2.10. The van der Waals surface area contributed by atoms with E-state index in [2.05, 4.69) is 29.1 Å². The minimum absolute atomic E-state index is 0.683. The van der Waals surface area contributed by atoms with Crippen molar-refractivity contribution >= 4 is 6.29 Å². The van der Waals surface area contributed by atoms with Crippen molar-refractivity contribution < 1.29 is 4.79 Å². The van der Waals surface area contributed by atoms with Crippen LogP contribution in [0.3, 0.4) is 0 Å². The molecule has 3 aromatic rings. The zero-order valence-corrected chi connectivity index (χ0v) is 13.4. The first-order valence-electron chi connectivity index (χ1n) is 7.77. The number of hydrogen-bond acceptors (Lipinski definition) is 3. The third-order valence-corrected chi connectivity index (χ3v) is 3.78. The van der Waals surface area contributed by atoms with Crippen LogP contribution < -0.4 is 0 Å². The van der Waals surface area contributed by atoms with Gasteiger partial charge >= 0.3 is 0 Å². The SMILES string of the molecule is CCCc1nc(-c2cccc(-c3ccc(C=O)cc3)c2)n(C)n1. The zero-order chi connectivity index (χ0) is 16.2. The number of rotatable bonds is 5. The molecule has 0 radical (unpaired) electrons. The molecule has 0 aliphatic carbocycles. The van der Waals surface area contributed by atoms with Crippen molar-refractivity contribution in [3.63, 3.8) is 0 Å². The van der Waals surface area contributed by atoms with Crippen LogP contribution in [0.1, 0.15) is 29.5 Å². The molecule has 4 nitrogen and oxygen atoms in total. The number of aldehydes is 1. The monoisotopic (exact) mass is 305 g/mol. The van der Waals surface area contributed by atoms with E-state index in [1.165, 1.54) is 0 Å². The number of carbonyl (C=O) groups excluding carboxylic acids is 1. The van der Waals surface area contributed by atoms with Gasteiger partial charge in [0.2, 0.25) is 0 Å². The van der Waals surface area contributed by atoms with Gasteiger partial charge in [0.1, 0.15) is 6.29 Å². The Kier molecular flexibility index (Phi) is 4.33. The number of carbonyl (C=O) groups is 1. The highest BCUT2D eigenvalue weighted by molar-refractivity contribution is 5.77. The Labute approximate surface area is 135 Å². The average Bonchev–Trinajstić information content (AvgIpc) is 2.96. The van der Waals surface area contributed by atoms with E-state index in [9.17, 15) is 4.79 Å². The molecule has 3 rings (SSSR count). The molecule has 116 valence electrons. The molecule has 0 aliphatic rings. The van der Waals surface area contributed by atoms with Gasteiger partial charge in [-0.3, -0.25) is 4.79 Å². The van der Waals surface area contributed by atoms with Crippen molar-refractivity contribution in [2.24, 2.45) is 7.05 Å². The molecule has 1 heterocycles. The Balaban J connectivity index is 1.97. The first kappa shape index (κ1) is 15.2. The zero-order valence-electron chi connectivity index (χ0n) is 13.4. The molecule has 1 aromatic heterocycles. The number of nitrogens with zero attached hydrogens (tertiary/aromatic N) is 3. The topological polar surface area (TPSA) is 47.8 Å². The second-order valence-corrected chi connectivity index (χ2v) is 5.55. The first-order chi connectivity index (χ1) is 11.2. The normalized spacial score (nSPS) is 10.7. The molecule has 0 bridgehead atoms. The summed E-state index contributed by atoms with van der Waals surface area (Å²) in [4.78, 5) is 15.4. The summed E-state index contributed by atoms with van der Waals surface area (Å²) in [5, 5.41) is 4.47. The summed E-state index contributed by atoms with van der Waals surface area (Å²) in [5.41, 5.74) is 3.90. The van der Waals surface area contributed by atoms with E-state index in [0.717, 1.165) is 47.5 Å². The lowest BCUT2D eigenvalue weighted by Crippen LogP contribution is -1.95. The maximum Gasteiger partial charge on any atom is 0.158 e. The number of benzene rings is 2. The van der Waals surface area contributed by atoms with Gasteiger partial charge in [0, 0.05) is 24.6 Å². The van der Waals surface area contributed by atoms with Crippen molar-refractivity contribution in [2.75, 3.05) is 0 Å². The van der Waals surface area contributed by atoms with Gasteiger partial charge in [-0.2, -0.15) is 5.10 Å². The van der Waals surface area contributed by atoms with Crippen LogP contribution in [-0.4, -0.2) is 21.1 Å². The van der Waals surface area contributed by atoms with Crippen LogP contribution >= 0.6 is 0 Å². The Bertz CT molecular complexity index is 819. The Morgan fingerprint density at radius 3 is 2.48 bits per heavy atom. The molecule has 23 heavy (non-hydrogen) atoms. The van der Waals surface area contributed by atoms with Gasteiger partial charge in [0.25, 0.3) is 0 Å². The maximum atomic E-state index is 10.8. The fourth-order valence-electron chi connectivity index (χ4n) is 2.61. The van der Waals surface area contributed by atoms with Gasteiger partial charge in [0.05, 0.1) is 0 Å². The minimum Gasteiger partial charge on any atom is -0.298 e. The molecule has 0 atom stereocenters. The lowest BCUT2D eigenvalue weighted by molar-refractivity contribution is 0.112. The van der Waals surface area contributed by atoms with E-state index in [1.807, 2.05) is 48.1 Å². The van der Waals surface area contributed by atoms with Crippen LogP contribution in [0, 0.1) is 0 Å². The van der Waals surface area contributed by atoms with Gasteiger partial charge < -0.3 is 0 Å². The van der Waals surface area contributed by atoms with E-state index < -0.39 is 0 Å². The van der Waals surface area contributed by atoms with Crippen molar-refractivity contribution in [3.8, 4) is 22.5 Å². The first-order valence-corrected chi connectivity index (χ1v) is 7.77. The smallest absolute Gasteiger partial charge is 0.158 e. The van der Waals surface area contributed by atoms with Crippen LogP contribution in [-0.2, 0) is 13.5 Å². The molecule has 0 saturated heterocycles. The minimum atomic E-state index is 0.683. The Morgan fingerprint density at radius 1 is 1.04 bits per heavy atom. The predicted molar refractivity (Wildman–Crippen MR) is 91.3 cm³/mol. The molecule has 0 saturated carbocycles. The van der Waals surface area contributed by atoms with E-state index >= 15 is 0 Å². The summed E-state index contributed by atoms with van der Waals surface area (Å²) in [6, 6.07) is 15.8. The molecule has 4 heteroatoms. The molecule has 0 N–H and O–H groups in total. The largest absolute Gasteiger partial charge is 0.298 e. The van der Waals surface area contributed by atoms with Crippen LogP contribution in [0.2, 0.25) is 0 Å².